The maximum absolute atomic E-state index is 11.8. The van der Waals surface area contributed by atoms with E-state index in [1.165, 1.54) is 4.90 Å². The third-order valence-corrected chi connectivity index (χ3v) is 2.98. The quantitative estimate of drug-likeness (QED) is 0.677. The Balaban J connectivity index is 2.42. The van der Waals surface area contributed by atoms with Gasteiger partial charge in [0.25, 0.3) is 0 Å². The van der Waals surface area contributed by atoms with Gasteiger partial charge < -0.3 is 10.0 Å². The summed E-state index contributed by atoms with van der Waals surface area (Å²) in [6, 6.07) is 0. The highest BCUT2D eigenvalue weighted by Gasteiger charge is 2.41. The van der Waals surface area contributed by atoms with Crippen molar-refractivity contribution in [3.8, 4) is 0 Å². The Kier molecular flexibility index (Phi) is 2.14. The van der Waals surface area contributed by atoms with Crippen LogP contribution in [0.3, 0.4) is 0 Å². The van der Waals surface area contributed by atoms with E-state index in [0.717, 1.165) is 6.42 Å². The number of carbonyl (C=O) groups is 2. The van der Waals surface area contributed by atoms with E-state index in [2.05, 4.69) is 0 Å². The number of allylic oxidation sites excluding steroid dienone is 2. The minimum absolute atomic E-state index is 0.0102. The van der Waals surface area contributed by atoms with Gasteiger partial charge in [-0.15, -0.1) is 0 Å². The molecule has 2 unspecified atom stereocenters. The third kappa shape index (κ3) is 1.37. The van der Waals surface area contributed by atoms with E-state index in [9.17, 15) is 9.59 Å². The molecular formula is C11H13NO3. The number of hydrogen-bond donors (Lipinski definition) is 1. The standard InChI is InChI=1S/C11H13NO3/c1-12(2)10(13)8-6-3-4-7(5-6)9(8)11(14)15/h3-4,6-7H,5H2,1-2H3,(H,14,15). The van der Waals surface area contributed by atoms with Gasteiger partial charge in [0, 0.05) is 31.5 Å². The lowest BCUT2D eigenvalue weighted by atomic mass is 9.96. The second-order valence-corrected chi connectivity index (χ2v) is 4.17. The molecule has 80 valence electrons. The van der Waals surface area contributed by atoms with Crippen LogP contribution in [0.1, 0.15) is 6.42 Å². The predicted octanol–water partition coefficient (Wildman–Crippen LogP) is 0.662. The highest BCUT2D eigenvalue weighted by Crippen LogP contribution is 2.44. The zero-order valence-corrected chi connectivity index (χ0v) is 8.73. The number of nitrogens with zero attached hydrogens (tertiary/aromatic N) is 1. The Morgan fingerprint density at radius 2 is 1.80 bits per heavy atom. The van der Waals surface area contributed by atoms with Crippen LogP contribution in [0.25, 0.3) is 0 Å². The maximum atomic E-state index is 11.8. The third-order valence-electron chi connectivity index (χ3n) is 2.98. The first kappa shape index (κ1) is 9.96. The molecule has 0 aromatic carbocycles. The average Bonchev–Trinajstić information content (AvgIpc) is 2.74. The lowest BCUT2D eigenvalue weighted by Gasteiger charge is -2.17. The average molecular weight is 207 g/mol. The van der Waals surface area contributed by atoms with Crippen LogP contribution in [0.4, 0.5) is 0 Å². The van der Waals surface area contributed by atoms with Gasteiger partial charge in [-0.1, -0.05) is 12.2 Å². The van der Waals surface area contributed by atoms with Crippen LogP contribution in [0.2, 0.25) is 0 Å². The molecule has 4 nitrogen and oxygen atoms in total. The van der Waals surface area contributed by atoms with Gasteiger partial charge in [0.05, 0.1) is 5.57 Å². The van der Waals surface area contributed by atoms with Crippen molar-refractivity contribution in [1.82, 2.24) is 4.90 Å². The molecule has 2 aliphatic carbocycles. The Morgan fingerprint density at radius 1 is 1.27 bits per heavy atom. The monoisotopic (exact) mass is 207 g/mol. The second-order valence-electron chi connectivity index (χ2n) is 4.17. The molecule has 0 radical (unpaired) electrons. The van der Waals surface area contributed by atoms with Gasteiger partial charge in [-0.25, -0.2) is 4.79 Å². The van der Waals surface area contributed by atoms with Crippen molar-refractivity contribution in [2.75, 3.05) is 14.1 Å². The number of amides is 1. The van der Waals surface area contributed by atoms with Crippen molar-refractivity contribution in [3.63, 3.8) is 0 Å². The van der Waals surface area contributed by atoms with E-state index < -0.39 is 5.97 Å². The lowest BCUT2D eigenvalue weighted by molar-refractivity contribution is -0.134. The van der Waals surface area contributed by atoms with Crippen molar-refractivity contribution < 1.29 is 14.7 Å². The van der Waals surface area contributed by atoms with Crippen molar-refractivity contribution in [1.29, 1.82) is 0 Å². The highest BCUT2D eigenvalue weighted by atomic mass is 16.4. The molecule has 0 aromatic rings. The first-order valence-corrected chi connectivity index (χ1v) is 4.89. The first-order valence-electron chi connectivity index (χ1n) is 4.89. The Bertz CT molecular complexity index is 393. The molecule has 2 aliphatic rings. The van der Waals surface area contributed by atoms with E-state index in [-0.39, 0.29) is 17.7 Å². The van der Waals surface area contributed by atoms with Crippen molar-refractivity contribution in [2.24, 2.45) is 11.8 Å². The zero-order valence-electron chi connectivity index (χ0n) is 8.73. The summed E-state index contributed by atoms with van der Waals surface area (Å²) < 4.78 is 0. The second kappa shape index (κ2) is 3.22. The molecule has 1 N–H and O–H groups in total. The maximum Gasteiger partial charge on any atom is 0.332 e. The van der Waals surface area contributed by atoms with E-state index in [1.807, 2.05) is 12.2 Å². The number of rotatable bonds is 2. The minimum atomic E-state index is -0.961. The predicted molar refractivity (Wildman–Crippen MR) is 54.1 cm³/mol. The van der Waals surface area contributed by atoms with Gasteiger partial charge in [-0.3, -0.25) is 4.79 Å². The molecule has 1 amide bonds. The van der Waals surface area contributed by atoms with Crippen LogP contribution in [0.5, 0.6) is 0 Å². The molecule has 0 aromatic heterocycles. The minimum Gasteiger partial charge on any atom is -0.478 e. The largest absolute Gasteiger partial charge is 0.478 e. The molecule has 2 rings (SSSR count). The highest BCUT2D eigenvalue weighted by molar-refractivity contribution is 6.04. The molecule has 15 heavy (non-hydrogen) atoms. The normalized spacial score (nSPS) is 27.3. The molecule has 2 atom stereocenters. The summed E-state index contributed by atoms with van der Waals surface area (Å²) in [6.45, 7) is 0. The summed E-state index contributed by atoms with van der Waals surface area (Å²) in [5, 5.41) is 9.07. The van der Waals surface area contributed by atoms with E-state index in [1.54, 1.807) is 14.1 Å². The summed E-state index contributed by atoms with van der Waals surface area (Å²) in [7, 11) is 3.29. The molecule has 2 bridgehead atoms. The number of carbonyl (C=O) groups excluding carboxylic acids is 1. The fourth-order valence-corrected chi connectivity index (χ4v) is 2.32. The zero-order chi connectivity index (χ0) is 11.2. The molecular weight excluding hydrogens is 194 g/mol. The van der Waals surface area contributed by atoms with Gasteiger partial charge >= 0.3 is 5.97 Å². The van der Waals surface area contributed by atoms with Crippen LogP contribution < -0.4 is 0 Å². The fraction of sp³-hybridized carbons (Fsp3) is 0.455. The molecule has 4 heteroatoms. The number of fused-ring (bicyclic) bond motifs is 2. The summed E-state index contributed by atoms with van der Waals surface area (Å²) in [5.74, 6) is -1.19. The molecule has 0 fully saturated rings. The van der Waals surface area contributed by atoms with Gasteiger partial charge in [-0.05, 0) is 6.42 Å². The van der Waals surface area contributed by atoms with Crippen molar-refractivity contribution in [3.05, 3.63) is 23.3 Å². The van der Waals surface area contributed by atoms with Gasteiger partial charge in [0.1, 0.15) is 0 Å². The molecule has 0 saturated heterocycles. The Labute approximate surface area is 87.9 Å². The Hall–Kier alpha value is -1.58. The van der Waals surface area contributed by atoms with Crippen LogP contribution >= 0.6 is 0 Å². The fourth-order valence-electron chi connectivity index (χ4n) is 2.32. The van der Waals surface area contributed by atoms with E-state index in [4.69, 9.17) is 5.11 Å². The van der Waals surface area contributed by atoms with E-state index in [0.29, 0.717) is 11.1 Å². The van der Waals surface area contributed by atoms with Crippen molar-refractivity contribution in [2.45, 2.75) is 6.42 Å². The van der Waals surface area contributed by atoms with Crippen molar-refractivity contribution >= 4 is 11.9 Å². The topological polar surface area (TPSA) is 57.6 Å². The smallest absolute Gasteiger partial charge is 0.332 e. The number of carboxylic acids is 1. The summed E-state index contributed by atoms with van der Waals surface area (Å²) in [4.78, 5) is 24.3. The van der Waals surface area contributed by atoms with E-state index >= 15 is 0 Å². The number of aliphatic carboxylic acids is 1. The lowest BCUT2D eigenvalue weighted by Crippen LogP contribution is -2.27. The van der Waals surface area contributed by atoms with Gasteiger partial charge in [0.2, 0.25) is 5.91 Å². The van der Waals surface area contributed by atoms with Crippen LogP contribution in [0.15, 0.2) is 23.3 Å². The number of hydrogen-bond acceptors (Lipinski definition) is 2. The van der Waals surface area contributed by atoms with Crippen LogP contribution in [0, 0.1) is 11.8 Å². The number of carboxylic acid groups (broad SMARTS) is 1. The molecule has 0 saturated carbocycles. The van der Waals surface area contributed by atoms with Gasteiger partial charge in [-0.2, -0.15) is 0 Å². The number of likely N-dealkylation sites (N-methyl/N-ethyl adjacent to an activating group) is 1. The van der Waals surface area contributed by atoms with Gasteiger partial charge in [0.15, 0.2) is 0 Å². The summed E-state index contributed by atoms with van der Waals surface area (Å²) >= 11 is 0. The first-order chi connectivity index (χ1) is 7.02. The molecule has 0 spiro atoms. The summed E-state index contributed by atoms with van der Waals surface area (Å²) in [5.41, 5.74) is 0.765. The van der Waals surface area contributed by atoms with Crippen LogP contribution in [-0.4, -0.2) is 36.0 Å². The molecule has 0 aliphatic heterocycles. The Morgan fingerprint density at radius 3 is 2.27 bits per heavy atom. The van der Waals surface area contributed by atoms with Crippen LogP contribution in [-0.2, 0) is 9.59 Å². The molecule has 0 heterocycles. The SMILES string of the molecule is CN(C)C(=O)C1=C(C(=O)O)C2C=CC1C2. The summed E-state index contributed by atoms with van der Waals surface area (Å²) in [6.07, 6.45) is 4.57.